The van der Waals surface area contributed by atoms with Crippen LogP contribution in [-0.4, -0.2) is 39.1 Å². The third kappa shape index (κ3) is 2.51. The number of pyridine rings is 1. The largest absolute Gasteiger partial charge is 0.342 e. The molecule has 0 spiro atoms. The van der Waals surface area contributed by atoms with Crippen LogP contribution < -0.4 is 0 Å². The number of amides is 1. The molecular formula is C17H20N4O. The van der Waals surface area contributed by atoms with Crippen LogP contribution in [0.2, 0.25) is 0 Å². The first-order valence-electron chi connectivity index (χ1n) is 8.01. The molecule has 5 nitrogen and oxygen atoms in total. The second kappa shape index (κ2) is 5.55. The first-order chi connectivity index (χ1) is 10.8. The van der Waals surface area contributed by atoms with Crippen LogP contribution in [0.4, 0.5) is 0 Å². The second-order valence-corrected chi connectivity index (χ2v) is 6.37. The maximum absolute atomic E-state index is 12.7. The quantitative estimate of drug-likeness (QED) is 0.945. The molecule has 3 heterocycles. The minimum absolute atomic E-state index is 0.157. The average molecular weight is 296 g/mol. The predicted molar refractivity (Wildman–Crippen MR) is 82.2 cm³/mol. The molecule has 1 saturated heterocycles. The molecule has 2 aromatic heterocycles. The number of nitrogens with one attached hydrogen (secondary N) is 1. The number of hydrogen-bond acceptors (Lipinski definition) is 3. The van der Waals surface area contributed by atoms with Gasteiger partial charge in [-0.1, -0.05) is 6.07 Å². The Morgan fingerprint density at radius 3 is 3.05 bits per heavy atom. The Morgan fingerprint density at radius 2 is 2.27 bits per heavy atom. The number of H-pyrrole nitrogens is 1. The van der Waals surface area contributed by atoms with Gasteiger partial charge in [-0.3, -0.25) is 14.9 Å². The van der Waals surface area contributed by atoms with Crippen molar-refractivity contribution in [1.29, 1.82) is 0 Å². The number of carbonyl (C=O) groups is 1. The molecule has 0 radical (unpaired) electrons. The summed E-state index contributed by atoms with van der Waals surface area (Å²) in [5.74, 6) is 1.24. The van der Waals surface area contributed by atoms with Crippen molar-refractivity contribution in [2.24, 2.45) is 5.92 Å². The predicted octanol–water partition coefficient (Wildman–Crippen LogP) is 2.31. The monoisotopic (exact) mass is 296 g/mol. The molecule has 1 aliphatic carbocycles. The second-order valence-electron chi connectivity index (χ2n) is 6.37. The van der Waals surface area contributed by atoms with Crippen molar-refractivity contribution >= 4 is 5.91 Å². The van der Waals surface area contributed by atoms with Crippen LogP contribution in [-0.2, 0) is 4.79 Å². The van der Waals surface area contributed by atoms with Crippen molar-refractivity contribution in [3.63, 3.8) is 0 Å². The van der Waals surface area contributed by atoms with Gasteiger partial charge in [0.2, 0.25) is 5.91 Å². The average Bonchev–Trinajstić information content (AvgIpc) is 3.19. The normalized spacial score (nSPS) is 27.6. The van der Waals surface area contributed by atoms with Crippen molar-refractivity contribution < 1.29 is 4.79 Å². The molecule has 3 atom stereocenters. The first-order valence-corrected chi connectivity index (χ1v) is 8.01. The van der Waals surface area contributed by atoms with Crippen LogP contribution in [0, 0.1) is 5.92 Å². The van der Waals surface area contributed by atoms with E-state index in [0.29, 0.717) is 17.7 Å². The molecule has 2 fully saturated rings. The minimum Gasteiger partial charge on any atom is -0.342 e. The molecule has 114 valence electrons. The highest BCUT2D eigenvalue weighted by Crippen LogP contribution is 2.48. The van der Waals surface area contributed by atoms with Gasteiger partial charge in [0, 0.05) is 49.2 Å². The van der Waals surface area contributed by atoms with Crippen LogP contribution in [0.5, 0.6) is 0 Å². The minimum atomic E-state index is 0.157. The van der Waals surface area contributed by atoms with Gasteiger partial charge >= 0.3 is 0 Å². The number of aromatic nitrogens is 3. The maximum atomic E-state index is 12.7. The van der Waals surface area contributed by atoms with Gasteiger partial charge in [-0.05, 0) is 42.9 Å². The highest BCUT2D eigenvalue weighted by molar-refractivity contribution is 5.83. The van der Waals surface area contributed by atoms with E-state index in [9.17, 15) is 4.79 Å². The van der Waals surface area contributed by atoms with Crippen molar-refractivity contribution in [3.05, 3.63) is 48.0 Å². The lowest BCUT2D eigenvalue weighted by molar-refractivity contribution is -0.133. The summed E-state index contributed by atoms with van der Waals surface area (Å²) in [6.45, 7) is 1.71. The summed E-state index contributed by atoms with van der Waals surface area (Å²) in [6, 6.07) is 6.05. The summed E-state index contributed by atoms with van der Waals surface area (Å²) < 4.78 is 0. The molecule has 2 aliphatic rings. The van der Waals surface area contributed by atoms with E-state index in [-0.39, 0.29) is 5.92 Å². The first kappa shape index (κ1) is 13.5. The molecule has 22 heavy (non-hydrogen) atoms. The molecule has 5 heteroatoms. The van der Waals surface area contributed by atoms with E-state index < -0.39 is 0 Å². The van der Waals surface area contributed by atoms with Crippen molar-refractivity contribution in [2.75, 3.05) is 13.1 Å². The summed E-state index contributed by atoms with van der Waals surface area (Å²) in [6.07, 6.45) is 8.62. The molecule has 0 bridgehead atoms. The van der Waals surface area contributed by atoms with Gasteiger partial charge < -0.3 is 4.90 Å². The molecule has 0 aromatic carbocycles. The third-order valence-electron chi connectivity index (χ3n) is 4.92. The highest BCUT2D eigenvalue weighted by atomic mass is 16.2. The SMILES string of the molecule is O=C(C1CC1c1cccnc1)N1CCCC(c2ccn[nH]2)C1. The molecule has 4 rings (SSSR count). The van der Waals surface area contributed by atoms with Crippen molar-refractivity contribution in [3.8, 4) is 0 Å². The molecule has 3 unspecified atom stereocenters. The summed E-state index contributed by atoms with van der Waals surface area (Å²) in [7, 11) is 0. The Hall–Kier alpha value is -2.17. The Labute approximate surface area is 129 Å². The van der Waals surface area contributed by atoms with Gasteiger partial charge in [-0.2, -0.15) is 5.10 Å². The van der Waals surface area contributed by atoms with E-state index in [4.69, 9.17) is 0 Å². The Balaban J connectivity index is 1.41. The van der Waals surface area contributed by atoms with E-state index >= 15 is 0 Å². The standard InChI is InChI=1S/C17H20N4O/c22-17(15-9-14(15)12-3-1-6-18-10-12)21-8-2-4-13(11-21)16-5-7-19-20-16/h1,3,5-7,10,13-15H,2,4,8-9,11H2,(H,19,20). The van der Waals surface area contributed by atoms with E-state index in [1.807, 2.05) is 18.3 Å². The van der Waals surface area contributed by atoms with Crippen LogP contribution >= 0.6 is 0 Å². The topological polar surface area (TPSA) is 61.9 Å². The van der Waals surface area contributed by atoms with Crippen LogP contribution in [0.25, 0.3) is 0 Å². The summed E-state index contributed by atoms with van der Waals surface area (Å²) >= 11 is 0. The number of likely N-dealkylation sites (tertiary alicyclic amines) is 1. The molecular weight excluding hydrogens is 276 g/mol. The van der Waals surface area contributed by atoms with Gasteiger partial charge in [0.05, 0.1) is 0 Å². The lowest BCUT2D eigenvalue weighted by atomic mass is 9.94. The summed E-state index contributed by atoms with van der Waals surface area (Å²) in [4.78, 5) is 19.0. The molecule has 1 N–H and O–H groups in total. The Bertz CT molecular complexity index is 640. The van der Waals surface area contributed by atoms with E-state index in [1.54, 1.807) is 12.4 Å². The van der Waals surface area contributed by atoms with E-state index in [1.165, 1.54) is 5.56 Å². The summed E-state index contributed by atoms with van der Waals surface area (Å²) in [5, 5.41) is 7.08. The number of piperidine rings is 1. The fourth-order valence-electron chi connectivity index (χ4n) is 3.59. The number of rotatable bonds is 3. The van der Waals surface area contributed by atoms with Crippen LogP contribution in [0.1, 0.15) is 42.4 Å². The van der Waals surface area contributed by atoms with Gasteiger partial charge in [0.25, 0.3) is 0 Å². The van der Waals surface area contributed by atoms with Gasteiger partial charge in [-0.15, -0.1) is 0 Å². The van der Waals surface area contributed by atoms with E-state index in [2.05, 4.69) is 26.1 Å². The van der Waals surface area contributed by atoms with Gasteiger partial charge in [-0.25, -0.2) is 0 Å². The van der Waals surface area contributed by atoms with Gasteiger partial charge in [0.1, 0.15) is 0 Å². The molecule has 1 amide bonds. The Kier molecular flexibility index (Phi) is 3.41. The zero-order chi connectivity index (χ0) is 14.9. The molecule has 1 saturated carbocycles. The van der Waals surface area contributed by atoms with Crippen LogP contribution in [0.3, 0.4) is 0 Å². The number of hydrogen-bond donors (Lipinski definition) is 1. The van der Waals surface area contributed by atoms with Gasteiger partial charge in [0.15, 0.2) is 0 Å². The zero-order valence-corrected chi connectivity index (χ0v) is 12.5. The number of nitrogens with zero attached hydrogens (tertiary/aromatic N) is 3. The molecule has 1 aliphatic heterocycles. The van der Waals surface area contributed by atoms with Crippen molar-refractivity contribution in [2.45, 2.75) is 31.1 Å². The van der Waals surface area contributed by atoms with Crippen LogP contribution in [0.15, 0.2) is 36.8 Å². The zero-order valence-electron chi connectivity index (χ0n) is 12.5. The lowest BCUT2D eigenvalue weighted by Crippen LogP contribution is -2.40. The van der Waals surface area contributed by atoms with Crippen molar-refractivity contribution in [1.82, 2.24) is 20.1 Å². The highest BCUT2D eigenvalue weighted by Gasteiger charge is 2.46. The molecule has 2 aromatic rings. The fourth-order valence-corrected chi connectivity index (χ4v) is 3.59. The number of aromatic amines is 1. The third-order valence-corrected chi connectivity index (χ3v) is 4.92. The lowest BCUT2D eigenvalue weighted by Gasteiger charge is -2.32. The fraction of sp³-hybridized carbons (Fsp3) is 0.471. The maximum Gasteiger partial charge on any atom is 0.226 e. The van der Waals surface area contributed by atoms with E-state index in [0.717, 1.165) is 38.0 Å². The smallest absolute Gasteiger partial charge is 0.226 e. The number of carbonyl (C=O) groups excluding carboxylic acids is 1. The Morgan fingerprint density at radius 1 is 1.32 bits per heavy atom. The summed E-state index contributed by atoms with van der Waals surface area (Å²) in [5.41, 5.74) is 2.35.